The quantitative estimate of drug-likeness (QED) is 0.745. The number of alkyl halides is 1. The molecule has 0 heterocycles. The van der Waals surface area contributed by atoms with Crippen molar-refractivity contribution in [1.29, 1.82) is 0 Å². The SMILES string of the molecule is FCc1ccc(-c2cccc(Br)c2)cc1. The van der Waals surface area contributed by atoms with Crippen LogP contribution < -0.4 is 0 Å². The molecular formula is C13H10BrF. The Balaban J connectivity index is 2.37. The molecule has 0 aromatic heterocycles. The molecule has 0 atom stereocenters. The molecule has 0 saturated carbocycles. The van der Waals surface area contributed by atoms with E-state index in [1.165, 1.54) is 0 Å². The van der Waals surface area contributed by atoms with Crippen LogP contribution >= 0.6 is 15.9 Å². The zero-order valence-electron chi connectivity index (χ0n) is 8.08. The fourth-order valence-electron chi connectivity index (χ4n) is 1.45. The number of hydrogen-bond acceptors (Lipinski definition) is 0. The Bertz CT molecular complexity index is 448. The van der Waals surface area contributed by atoms with Gasteiger partial charge in [-0.1, -0.05) is 52.3 Å². The summed E-state index contributed by atoms with van der Waals surface area (Å²) in [6, 6.07) is 15.6. The lowest BCUT2D eigenvalue weighted by molar-refractivity contribution is 0.485. The maximum absolute atomic E-state index is 12.3. The smallest absolute Gasteiger partial charge is 0.115 e. The van der Waals surface area contributed by atoms with Gasteiger partial charge in [0.05, 0.1) is 0 Å². The molecule has 0 N–H and O–H groups in total. The lowest BCUT2D eigenvalue weighted by atomic mass is 10.0. The molecule has 15 heavy (non-hydrogen) atoms. The van der Waals surface area contributed by atoms with Gasteiger partial charge in [-0.2, -0.15) is 0 Å². The molecule has 0 aliphatic carbocycles. The third-order valence-corrected chi connectivity index (χ3v) is 2.76. The average molecular weight is 265 g/mol. The normalized spacial score (nSPS) is 10.3. The standard InChI is InChI=1S/C13H10BrF/c14-13-3-1-2-12(8-13)11-6-4-10(9-15)5-7-11/h1-8H,9H2. The Morgan fingerprint density at radius 1 is 0.933 bits per heavy atom. The fraction of sp³-hybridized carbons (Fsp3) is 0.0769. The van der Waals surface area contributed by atoms with E-state index in [1.807, 2.05) is 48.5 Å². The van der Waals surface area contributed by atoms with Crippen molar-refractivity contribution in [1.82, 2.24) is 0 Å². The Morgan fingerprint density at radius 2 is 1.67 bits per heavy atom. The second-order valence-electron chi connectivity index (χ2n) is 3.34. The molecule has 2 rings (SSSR count). The zero-order chi connectivity index (χ0) is 10.7. The van der Waals surface area contributed by atoms with Gasteiger partial charge in [0, 0.05) is 4.47 Å². The number of halogens is 2. The predicted molar refractivity (Wildman–Crippen MR) is 64.4 cm³/mol. The van der Waals surface area contributed by atoms with Gasteiger partial charge in [0.15, 0.2) is 0 Å². The van der Waals surface area contributed by atoms with Crippen molar-refractivity contribution in [3.05, 3.63) is 58.6 Å². The van der Waals surface area contributed by atoms with Gasteiger partial charge in [-0.15, -0.1) is 0 Å². The minimum absolute atomic E-state index is 0.404. The van der Waals surface area contributed by atoms with Gasteiger partial charge in [0.1, 0.15) is 6.67 Å². The lowest BCUT2D eigenvalue weighted by Gasteiger charge is -2.02. The molecule has 0 fully saturated rings. The average Bonchev–Trinajstić information content (AvgIpc) is 2.29. The Labute approximate surface area is 96.9 Å². The largest absolute Gasteiger partial charge is 0.246 e. The maximum Gasteiger partial charge on any atom is 0.115 e. The van der Waals surface area contributed by atoms with E-state index in [-0.39, 0.29) is 0 Å². The molecule has 0 unspecified atom stereocenters. The van der Waals surface area contributed by atoms with Crippen LogP contribution in [0.15, 0.2) is 53.0 Å². The van der Waals surface area contributed by atoms with Crippen LogP contribution in [0.1, 0.15) is 5.56 Å². The molecule has 0 nitrogen and oxygen atoms in total. The van der Waals surface area contributed by atoms with Gasteiger partial charge < -0.3 is 0 Å². The third kappa shape index (κ3) is 2.45. The number of hydrogen-bond donors (Lipinski definition) is 0. The van der Waals surface area contributed by atoms with E-state index in [2.05, 4.69) is 15.9 Å². The second-order valence-corrected chi connectivity index (χ2v) is 4.26. The molecule has 0 radical (unpaired) electrons. The van der Waals surface area contributed by atoms with E-state index in [4.69, 9.17) is 0 Å². The minimum Gasteiger partial charge on any atom is -0.246 e. The van der Waals surface area contributed by atoms with Crippen LogP contribution in [0.5, 0.6) is 0 Å². The Hall–Kier alpha value is -1.15. The maximum atomic E-state index is 12.3. The highest BCUT2D eigenvalue weighted by Gasteiger charge is 1.98. The molecule has 76 valence electrons. The van der Waals surface area contributed by atoms with Gasteiger partial charge >= 0.3 is 0 Å². The summed E-state index contributed by atoms with van der Waals surface area (Å²) in [7, 11) is 0. The molecule has 2 heteroatoms. The highest BCUT2D eigenvalue weighted by molar-refractivity contribution is 9.10. The van der Waals surface area contributed by atoms with Gasteiger partial charge in [0.25, 0.3) is 0 Å². The van der Waals surface area contributed by atoms with Crippen molar-refractivity contribution < 1.29 is 4.39 Å². The molecule has 0 amide bonds. The summed E-state index contributed by atoms with van der Waals surface area (Å²) in [6.45, 7) is -0.404. The molecule has 0 saturated heterocycles. The monoisotopic (exact) mass is 264 g/mol. The minimum atomic E-state index is -0.404. The summed E-state index contributed by atoms with van der Waals surface area (Å²) in [4.78, 5) is 0. The van der Waals surface area contributed by atoms with Crippen LogP contribution in [-0.4, -0.2) is 0 Å². The summed E-state index contributed by atoms with van der Waals surface area (Å²) in [5.74, 6) is 0. The summed E-state index contributed by atoms with van der Waals surface area (Å²) in [5, 5.41) is 0. The van der Waals surface area contributed by atoms with Gasteiger partial charge in [-0.05, 0) is 28.8 Å². The summed E-state index contributed by atoms with van der Waals surface area (Å²) >= 11 is 3.43. The zero-order valence-corrected chi connectivity index (χ0v) is 9.67. The van der Waals surface area contributed by atoms with Gasteiger partial charge in [0.2, 0.25) is 0 Å². The van der Waals surface area contributed by atoms with Crippen LogP contribution in [0.25, 0.3) is 11.1 Å². The lowest BCUT2D eigenvalue weighted by Crippen LogP contribution is -1.80. The van der Waals surface area contributed by atoms with Crippen LogP contribution in [0, 0.1) is 0 Å². The van der Waals surface area contributed by atoms with Crippen molar-refractivity contribution in [3.63, 3.8) is 0 Å². The topological polar surface area (TPSA) is 0 Å². The highest BCUT2D eigenvalue weighted by atomic mass is 79.9. The van der Waals surface area contributed by atoms with E-state index in [9.17, 15) is 4.39 Å². The summed E-state index contributed by atoms with van der Waals surface area (Å²) < 4.78 is 13.4. The van der Waals surface area contributed by atoms with Crippen LogP contribution in [0.2, 0.25) is 0 Å². The van der Waals surface area contributed by atoms with Crippen molar-refractivity contribution in [2.75, 3.05) is 0 Å². The summed E-state index contributed by atoms with van der Waals surface area (Å²) in [6.07, 6.45) is 0. The molecule has 0 aliphatic heterocycles. The highest BCUT2D eigenvalue weighted by Crippen LogP contribution is 2.23. The number of rotatable bonds is 2. The van der Waals surface area contributed by atoms with Crippen LogP contribution in [-0.2, 0) is 6.67 Å². The first-order valence-corrected chi connectivity index (χ1v) is 5.50. The van der Waals surface area contributed by atoms with E-state index in [0.717, 1.165) is 15.6 Å². The van der Waals surface area contributed by atoms with Gasteiger partial charge in [-0.25, -0.2) is 4.39 Å². The molecule has 0 bridgehead atoms. The van der Waals surface area contributed by atoms with E-state index >= 15 is 0 Å². The molecular weight excluding hydrogens is 255 g/mol. The van der Waals surface area contributed by atoms with E-state index in [1.54, 1.807) is 0 Å². The Morgan fingerprint density at radius 3 is 2.27 bits per heavy atom. The first-order valence-electron chi connectivity index (χ1n) is 4.70. The van der Waals surface area contributed by atoms with Crippen LogP contribution in [0.4, 0.5) is 4.39 Å². The fourth-order valence-corrected chi connectivity index (χ4v) is 1.85. The van der Waals surface area contributed by atoms with E-state index < -0.39 is 6.67 Å². The first-order chi connectivity index (χ1) is 7.29. The summed E-state index contributed by atoms with van der Waals surface area (Å²) in [5.41, 5.74) is 2.96. The van der Waals surface area contributed by atoms with Crippen molar-refractivity contribution in [2.24, 2.45) is 0 Å². The third-order valence-electron chi connectivity index (χ3n) is 2.27. The molecule has 2 aromatic carbocycles. The molecule has 2 aromatic rings. The van der Waals surface area contributed by atoms with E-state index in [0.29, 0.717) is 5.56 Å². The van der Waals surface area contributed by atoms with Crippen molar-refractivity contribution in [3.8, 4) is 11.1 Å². The van der Waals surface area contributed by atoms with Crippen molar-refractivity contribution >= 4 is 15.9 Å². The molecule has 0 aliphatic rings. The Kier molecular flexibility index (Phi) is 3.17. The van der Waals surface area contributed by atoms with Crippen molar-refractivity contribution in [2.45, 2.75) is 6.67 Å². The molecule has 0 spiro atoms. The second kappa shape index (κ2) is 4.58. The number of benzene rings is 2. The van der Waals surface area contributed by atoms with Gasteiger partial charge in [-0.3, -0.25) is 0 Å². The first kappa shape index (κ1) is 10.4. The van der Waals surface area contributed by atoms with Crippen LogP contribution in [0.3, 0.4) is 0 Å². The predicted octanol–water partition coefficient (Wildman–Crippen LogP) is 4.59.